The number of carbonyl (C=O) groups is 9. The van der Waals surface area contributed by atoms with Crippen molar-refractivity contribution in [2.24, 2.45) is 0 Å². The quantitative estimate of drug-likeness (QED) is 0.0182. The molecule has 0 unspecified atom stereocenters. The zero-order valence-electron chi connectivity index (χ0n) is 68.7. The van der Waals surface area contributed by atoms with E-state index < -0.39 is 104 Å². The predicted octanol–water partition coefficient (Wildman–Crippen LogP) is 17.8. The summed E-state index contributed by atoms with van der Waals surface area (Å²) in [5.74, 6) is -5.48. The fourth-order valence-corrected chi connectivity index (χ4v) is 13.9. The molecule has 113 heavy (non-hydrogen) atoms. The van der Waals surface area contributed by atoms with E-state index in [4.69, 9.17) is 33.2 Å². The number of nitrogens with zero attached hydrogens (tertiary/aromatic N) is 1. The van der Waals surface area contributed by atoms with Crippen LogP contribution in [0, 0.1) is 0 Å². The highest BCUT2D eigenvalue weighted by atomic mass is 16.7. The minimum Gasteiger partial charge on any atom is -0.461 e. The summed E-state index contributed by atoms with van der Waals surface area (Å²) in [7, 11) is 0. The Hall–Kier alpha value is -8.01. The van der Waals surface area contributed by atoms with E-state index in [9.17, 15) is 48.3 Å². The molecule has 0 aliphatic carbocycles. The van der Waals surface area contributed by atoms with Gasteiger partial charge in [-0.2, -0.15) is 0 Å². The number of carbonyl (C=O) groups excluding carboxylic acids is 9. The van der Waals surface area contributed by atoms with Crippen molar-refractivity contribution in [3.63, 3.8) is 0 Å². The van der Waals surface area contributed by atoms with Crippen molar-refractivity contribution in [3.05, 3.63) is 144 Å². The standard InChI is InChI=1S/C92H138N4O17/c1-4-7-10-13-16-19-21-23-26-31-48-61-84(101)113-89-87(95-80(97)59-46-29-28-32-49-64-93-90(105)76-57-44-37-45-58-76)92(111-77(66-85(102)108-70-74-53-40-35-41-54-74)67-86(103)109-71-75-55-42-36-43-56-75)112-79(88(89)104)72-110-91(106)78(62-63-83(100)107-69-73-51-38-34-39-52-73)94-81(98)68-96(65-50-33-27-24-20-17-14-11-8-5-2)82(99)60-47-30-25-22-18-15-12-9-6-3/h34-45,51-58,77-79,87-89,92,104H,4-33,46-50,59-72H2,1-3H3,(H,93,105)(H,94,98)(H,95,97)/t78-,79-,87-,88-,89-,92+/m1/s1. The van der Waals surface area contributed by atoms with Crippen molar-refractivity contribution >= 4 is 53.5 Å². The molecule has 0 spiro atoms. The molecule has 4 aromatic rings. The van der Waals surface area contributed by atoms with Crippen LogP contribution in [-0.2, 0) is 91.3 Å². The number of hydrogen-bond donors (Lipinski definition) is 4. The van der Waals surface area contributed by atoms with Gasteiger partial charge in [0.25, 0.3) is 5.91 Å². The Kier molecular flexibility index (Phi) is 52.0. The van der Waals surface area contributed by atoms with E-state index in [2.05, 4.69) is 36.7 Å². The van der Waals surface area contributed by atoms with Crippen molar-refractivity contribution in [1.29, 1.82) is 0 Å². The Bertz CT molecular complexity index is 3160. The number of ether oxygens (including phenoxy) is 7. The minimum absolute atomic E-state index is 0.0248. The lowest BCUT2D eigenvalue weighted by molar-refractivity contribution is -0.286. The lowest BCUT2D eigenvalue weighted by Gasteiger charge is -2.44. The maximum absolute atomic E-state index is 14.9. The van der Waals surface area contributed by atoms with E-state index in [1.807, 2.05) is 36.4 Å². The van der Waals surface area contributed by atoms with Crippen molar-refractivity contribution in [3.8, 4) is 0 Å². The molecule has 0 bridgehead atoms. The molecule has 4 N–H and O–H groups in total. The smallest absolute Gasteiger partial charge is 0.328 e. The van der Waals surface area contributed by atoms with Gasteiger partial charge in [-0.05, 0) is 67.3 Å². The van der Waals surface area contributed by atoms with Crippen molar-refractivity contribution in [2.75, 3.05) is 26.2 Å². The number of aliphatic hydroxyl groups is 1. The SMILES string of the molecule is CCCCCCCCCCCCCC(=O)O[C@H]1[C@H](O)[C@@H](COC(=O)[C@@H](CCC(=O)OCc2ccccc2)NC(=O)CN(CCCCCCCCCCCC)C(=O)CCCCCCCCCCC)O[C@H](OC(CC(=O)OCc2ccccc2)CC(=O)OCc2ccccc2)[C@@H]1NC(=O)CCCCCCCNC(=O)c1ccccc1. The van der Waals surface area contributed by atoms with Gasteiger partial charge in [0.05, 0.1) is 25.5 Å². The highest BCUT2D eigenvalue weighted by Gasteiger charge is 2.50. The van der Waals surface area contributed by atoms with Crippen LogP contribution in [0.5, 0.6) is 0 Å². The number of unbranched alkanes of at least 4 members (excludes halogenated alkanes) is 31. The molecule has 1 aliphatic heterocycles. The molecular weight excluding hydrogens is 1430 g/mol. The number of amides is 4. The van der Waals surface area contributed by atoms with E-state index in [1.54, 1.807) is 89.8 Å². The molecular formula is C92H138N4O17. The number of esters is 5. The second kappa shape index (κ2) is 61.4. The summed E-state index contributed by atoms with van der Waals surface area (Å²) < 4.78 is 42.7. The van der Waals surface area contributed by atoms with Crippen LogP contribution in [0.15, 0.2) is 121 Å². The van der Waals surface area contributed by atoms with Crippen LogP contribution < -0.4 is 16.0 Å². The van der Waals surface area contributed by atoms with E-state index in [0.29, 0.717) is 68.3 Å². The van der Waals surface area contributed by atoms with Crippen LogP contribution in [0.2, 0.25) is 0 Å². The molecule has 21 heteroatoms. The lowest BCUT2D eigenvalue weighted by Crippen LogP contribution is -2.66. The normalized spacial score (nSPS) is 15.5. The molecule has 1 fully saturated rings. The largest absolute Gasteiger partial charge is 0.461 e. The number of hydrogen-bond acceptors (Lipinski definition) is 17. The highest BCUT2D eigenvalue weighted by Crippen LogP contribution is 2.30. The van der Waals surface area contributed by atoms with Gasteiger partial charge in [-0.1, -0.05) is 323 Å². The number of aliphatic hydroxyl groups excluding tert-OH is 1. The monoisotopic (exact) mass is 1570 g/mol. The molecule has 4 aromatic carbocycles. The summed E-state index contributed by atoms with van der Waals surface area (Å²) in [6.07, 6.45) is 25.3. The Morgan fingerprint density at radius 3 is 1.34 bits per heavy atom. The fourth-order valence-electron chi connectivity index (χ4n) is 13.9. The molecule has 1 saturated heterocycles. The summed E-state index contributed by atoms with van der Waals surface area (Å²) in [5.41, 5.74) is 2.69. The van der Waals surface area contributed by atoms with Crippen molar-refractivity contribution in [1.82, 2.24) is 20.9 Å². The molecule has 0 saturated carbocycles. The van der Waals surface area contributed by atoms with Gasteiger partial charge in [0.2, 0.25) is 17.7 Å². The topological polar surface area (TPSA) is 278 Å². The first-order valence-corrected chi connectivity index (χ1v) is 43.3. The highest BCUT2D eigenvalue weighted by molar-refractivity contribution is 5.94. The molecule has 1 aliphatic rings. The third-order valence-corrected chi connectivity index (χ3v) is 20.6. The second-order valence-corrected chi connectivity index (χ2v) is 30.5. The fraction of sp³-hybridized carbons (Fsp3) is 0.641. The minimum atomic E-state index is -1.85. The molecule has 5 rings (SSSR count). The first kappa shape index (κ1) is 95.6. The van der Waals surface area contributed by atoms with Crippen molar-refractivity contribution < 1.29 is 81.4 Å². The van der Waals surface area contributed by atoms with Crippen LogP contribution >= 0.6 is 0 Å². The summed E-state index contributed by atoms with van der Waals surface area (Å²) in [4.78, 5) is 128. The van der Waals surface area contributed by atoms with E-state index >= 15 is 0 Å². The third-order valence-electron chi connectivity index (χ3n) is 20.6. The van der Waals surface area contributed by atoms with Gasteiger partial charge in [-0.25, -0.2) is 4.79 Å². The van der Waals surface area contributed by atoms with Gasteiger partial charge >= 0.3 is 29.8 Å². The van der Waals surface area contributed by atoms with E-state index in [0.717, 1.165) is 102 Å². The Balaban J connectivity index is 1.44. The summed E-state index contributed by atoms with van der Waals surface area (Å²) >= 11 is 0. The summed E-state index contributed by atoms with van der Waals surface area (Å²) in [6.45, 7) is 5.99. The van der Waals surface area contributed by atoms with Crippen LogP contribution in [0.3, 0.4) is 0 Å². The molecule has 0 radical (unpaired) electrons. The molecule has 4 amide bonds. The van der Waals surface area contributed by atoms with Gasteiger partial charge in [-0.15, -0.1) is 0 Å². The third kappa shape index (κ3) is 44.5. The van der Waals surface area contributed by atoms with Crippen LogP contribution in [0.25, 0.3) is 0 Å². The first-order valence-electron chi connectivity index (χ1n) is 43.3. The molecule has 21 nitrogen and oxygen atoms in total. The first-order chi connectivity index (χ1) is 55.1. The van der Waals surface area contributed by atoms with Gasteiger partial charge in [0.1, 0.15) is 50.7 Å². The van der Waals surface area contributed by atoms with Gasteiger partial charge in [0.15, 0.2) is 12.4 Å². The lowest BCUT2D eigenvalue weighted by atomic mass is 9.95. The Labute approximate surface area is 675 Å². The summed E-state index contributed by atoms with van der Waals surface area (Å²) in [5, 5.41) is 21.3. The van der Waals surface area contributed by atoms with Gasteiger partial charge < -0.3 is 59.1 Å². The molecule has 1 heterocycles. The van der Waals surface area contributed by atoms with Crippen LogP contribution in [0.4, 0.5) is 0 Å². The average Bonchev–Trinajstić information content (AvgIpc) is 0.787. The average molecular weight is 1570 g/mol. The number of rotatable bonds is 65. The molecule has 628 valence electrons. The number of nitrogens with one attached hydrogen (secondary N) is 3. The zero-order chi connectivity index (χ0) is 81.0. The molecule has 0 aromatic heterocycles. The van der Waals surface area contributed by atoms with Crippen LogP contribution in [-0.4, -0.2) is 133 Å². The zero-order valence-corrected chi connectivity index (χ0v) is 68.7. The van der Waals surface area contributed by atoms with Gasteiger partial charge in [-0.3, -0.25) is 38.4 Å². The number of benzene rings is 4. The predicted molar refractivity (Wildman–Crippen MR) is 439 cm³/mol. The van der Waals surface area contributed by atoms with E-state index in [-0.39, 0.29) is 70.3 Å². The summed E-state index contributed by atoms with van der Waals surface area (Å²) in [6, 6.07) is 33.0. The Morgan fingerprint density at radius 2 is 0.858 bits per heavy atom. The molecule has 6 atom stereocenters. The van der Waals surface area contributed by atoms with Gasteiger partial charge in [0, 0.05) is 44.3 Å². The van der Waals surface area contributed by atoms with Crippen LogP contribution in [0.1, 0.15) is 317 Å². The maximum atomic E-state index is 14.9. The maximum Gasteiger partial charge on any atom is 0.328 e. The van der Waals surface area contributed by atoms with E-state index in [1.165, 1.54) is 89.9 Å². The second-order valence-electron chi connectivity index (χ2n) is 30.5. The Morgan fingerprint density at radius 1 is 0.442 bits per heavy atom. The van der Waals surface area contributed by atoms with Crippen molar-refractivity contribution in [2.45, 2.75) is 353 Å².